The van der Waals surface area contributed by atoms with Gasteiger partial charge in [-0.05, 0) is 38.3 Å². The summed E-state index contributed by atoms with van der Waals surface area (Å²) >= 11 is 0. The number of hydrogen-bond donors (Lipinski definition) is 3. The van der Waals surface area contributed by atoms with Gasteiger partial charge in [-0.3, -0.25) is 15.1 Å². The van der Waals surface area contributed by atoms with Gasteiger partial charge in [0.15, 0.2) is 0 Å². The number of nitrogens with one attached hydrogen (secondary N) is 1. The molecule has 2 atom stereocenters. The highest BCUT2D eigenvalue weighted by molar-refractivity contribution is 5.82. The largest absolute Gasteiger partial charge is 0.390 e. The Morgan fingerprint density at radius 3 is 2.70 bits per heavy atom. The quantitative estimate of drug-likeness (QED) is 0.437. The van der Waals surface area contributed by atoms with Gasteiger partial charge < -0.3 is 5.11 Å². The lowest BCUT2D eigenvalue weighted by molar-refractivity contribution is -0.126. The summed E-state index contributed by atoms with van der Waals surface area (Å²) in [5, 5.41) is 10.2. The monoisotopic (exact) mass is 277 g/mol. The minimum atomic E-state index is -0.644. The minimum Gasteiger partial charge on any atom is -0.390 e. The van der Waals surface area contributed by atoms with Crippen LogP contribution in [0.4, 0.5) is 0 Å². The van der Waals surface area contributed by atoms with Gasteiger partial charge in [-0.15, -0.1) is 0 Å². The van der Waals surface area contributed by atoms with E-state index in [1.54, 1.807) is 0 Å². The lowest BCUT2D eigenvalue weighted by atomic mass is 9.98. The molecule has 5 heteroatoms. The van der Waals surface area contributed by atoms with Crippen LogP contribution < -0.4 is 11.3 Å². The molecule has 1 aromatic carbocycles. The molecule has 0 spiro atoms. The molecule has 1 aromatic rings. The predicted molar refractivity (Wildman–Crippen MR) is 77.6 cm³/mol. The lowest BCUT2D eigenvalue weighted by Crippen LogP contribution is -2.44. The highest BCUT2D eigenvalue weighted by atomic mass is 16.3. The lowest BCUT2D eigenvalue weighted by Gasteiger charge is -2.29. The van der Waals surface area contributed by atoms with Crippen molar-refractivity contribution in [1.29, 1.82) is 0 Å². The summed E-state index contributed by atoms with van der Waals surface area (Å²) in [6.07, 6.45) is 2.29. The topological polar surface area (TPSA) is 78.6 Å². The molecule has 2 unspecified atom stereocenters. The van der Waals surface area contributed by atoms with Crippen LogP contribution in [0.3, 0.4) is 0 Å². The average Bonchev–Trinajstić information content (AvgIpc) is 2.62. The van der Waals surface area contributed by atoms with E-state index < -0.39 is 11.6 Å². The number of likely N-dealkylation sites (tertiary alicyclic amines) is 1. The molecular formula is C15H23N3O2. The third-order valence-electron chi connectivity index (χ3n) is 3.97. The van der Waals surface area contributed by atoms with Crippen LogP contribution in [0, 0.1) is 0 Å². The zero-order chi connectivity index (χ0) is 14.6. The van der Waals surface area contributed by atoms with Crippen LogP contribution in [0.2, 0.25) is 0 Å². The molecule has 0 saturated carbocycles. The van der Waals surface area contributed by atoms with Crippen molar-refractivity contribution in [3.63, 3.8) is 0 Å². The van der Waals surface area contributed by atoms with Gasteiger partial charge in [0.1, 0.15) is 6.04 Å². The number of hydrogen-bond acceptors (Lipinski definition) is 4. The van der Waals surface area contributed by atoms with Gasteiger partial charge in [0.05, 0.1) is 5.60 Å². The second-order valence-electron chi connectivity index (χ2n) is 5.71. The molecule has 1 aliphatic rings. The first-order chi connectivity index (χ1) is 9.53. The number of carbonyl (C=O) groups is 1. The third-order valence-corrected chi connectivity index (χ3v) is 3.97. The molecular weight excluding hydrogens is 254 g/mol. The molecule has 2 rings (SSSR count). The molecule has 0 bridgehead atoms. The van der Waals surface area contributed by atoms with E-state index >= 15 is 0 Å². The van der Waals surface area contributed by atoms with Crippen LogP contribution in [0.5, 0.6) is 0 Å². The van der Waals surface area contributed by atoms with E-state index in [1.165, 1.54) is 0 Å². The van der Waals surface area contributed by atoms with E-state index in [0.29, 0.717) is 13.0 Å². The van der Waals surface area contributed by atoms with Crippen molar-refractivity contribution in [2.24, 2.45) is 5.84 Å². The number of amides is 1. The number of hydrazine groups is 1. The molecule has 1 saturated heterocycles. The summed E-state index contributed by atoms with van der Waals surface area (Å²) in [5.41, 5.74) is 2.54. The molecule has 1 amide bonds. The van der Waals surface area contributed by atoms with Crippen molar-refractivity contribution >= 4 is 5.91 Å². The highest BCUT2D eigenvalue weighted by Crippen LogP contribution is 2.28. The van der Waals surface area contributed by atoms with E-state index in [0.717, 1.165) is 24.9 Å². The Kier molecular flexibility index (Phi) is 4.75. The van der Waals surface area contributed by atoms with Gasteiger partial charge in [0.25, 0.3) is 5.91 Å². The summed E-state index contributed by atoms with van der Waals surface area (Å²) in [4.78, 5) is 14.2. The summed E-state index contributed by atoms with van der Waals surface area (Å²) in [7, 11) is 0. The standard InChI is InChI=1S/C15H23N3O2/c1-15(20)8-5-10-18(11-9-15)13(14(19)17-16)12-6-3-2-4-7-12/h2-4,6-7,13,20H,5,8-11,16H2,1H3,(H,17,19). The second kappa shape index (κ2) is 6.35. The fourth-order valence-electron chi connectivity index (χ4n) is 2.78. The number of carbonyl (C=O) groups excluding carboxylic acids is 1. The van der Waals surface area contributed by atoms with Crippen molar-refractivity contribution in [1.82, 2.24) is 10.3 Å². The van der Waals surface area contributed by atoms with Crippen molar-refractivity contribution in [2.75, 3.05) is 13.1 Å². The van der Waals surface area contributed by atoms with Crippen molar-refractivity contribution in [3.8, 4) is 0 Å². The highest BCUT2D eigenvalue weighted by Gasteiger charge is 2.32. The van der Waals surface area contributed by atoms with Crippen molar-refractivity contribution in [3.05, 3.63) is 35.9 Å². The second-order valence-corrected chi connectivity index (χ2v) is 5.71. The molecule has 20 heavy (non-hydrogen) atoms. The van der Waals surface area contributed by atoms with Gasteiger partial charge in [0.2, 0.25) is 0 Å². The number of rotatable bonds is 3. The van der Waals surface area contributed by atoms with Crippen molar-refractivity contribution in [2.45, 2.75) is 37.8 Å². The Balaban J connectivity index is 2.21. The molecule has 4 N–H and O–H groups in total. The van der Waals surface area contributed by atoms with Crippen LogP contribution in [0.1, 0.15) is 37.8 Å². The first-order valence-corrected chi connectivity index (χ1v) is 7.05. The summed E-state index contributed by atoms with van der Waals surface area (Å²) in [5.74, 6) is 5.12. The number of benzene rings is 1. The van der Waals surface area contributed by atoms with Gasteiger partial charge in [-0.2, -0.15) is 0 Å². The first kappa shape index (κ1) is 15.0. The van der Waals surface area contributed by atoms with Crippen LogP contribution in [-0.4, -0.2) is 34.6 Å². The minimum absolute atomic E-state index is 0.210. The average molecular weight is 277 g/mol. The number of aliphatic hydroxyl groups is 1. The Labute approximate surface area is 119 Å². The predicted octanol–water partition coefficient (Wildman–Crippen LogP) is 0.955. The summed E-state index contributed by atoms with van der Waals surface area (Å²) in [6.45, 7) is 3.32. The van der Waals surface area contributed by atoms with E-state index in [2.05, 4.69) is 10.3 Å². The fourth-order valence-corrected chi connectivity index (χ4v) is 2.78. The van der Waals surface area contributed by atoms with E-state index in [9.17, 15) is 9.90 Å². The van der Waals surface area contributed by atoms with E-state index in [1.807, 2.05) is 37.3 Å². The summed E-state index contributed by atoms with van der Waals surface area (Å²) in [6, 6.07) is 9.23. The van der Waals surface area contributed by atoms with Crippen molar-refractivity contribution < 1.29 is 9.90 Å². The maximum absolute atomic E-state index is 12.1. The molecule has 5 nitrogen and oxygen atoms in total. The maximum atomic E-state index is 12.1. The fraction of sp³-hybridized carbons (Fsp3) is 0.533. The number of nitrogens with two attached hydrogens (primary N) is 1. The van der Waals surface area contributed by atoms with Crippen LogP contribution in [-0.2, 0) is 4.79 Å². The van der Waals surface area contributed by atoms with Crippen LogP contribution in [0.25, 0.3) is 0 Å². The Hall–Kier alpha value is -1.43. The Morgan fingerprint density at radius 1 is 1.35 bits per heavy atom. The zero-order valence-electron chi connectivity index (χ0n) is 11.9. The van der Waals surface area contributed by atoms with Gasteiger partial charge in [0, 0.05) is 6.54 Å². The number of nitrogens with zero attached hydrogens (tertiary/aromatic N) is 1. The molecule has 0 aliphatic carbocycles. The normalized spacial score (nSPS) is 25.8. The molecule has 1 heterocycles. The molecule has 1 fully saturated rings. The van der Waals surface area contributed by atoms with Crippen LogP contribution >= 0.6 is 0 Å². The Morgan fingerprint density at radius 2 is 2.05 bits per heavy atom. The maximum Gasteiger partial charge on any atom is 0.255 e. The van der Waals surface area contributed by atoms with Gasteiger partial charge >= 0.3 is 0 Å². The SMILES string of the molecule is CC1(O)CCCN(C(C(=O)NN)c2ccccc2)CC1. The smallest absolute Gasteiger partial charge is 0.255 e. The zero-order valence-corrected chi connectivity index (χ0v) is 11.9. The van der Waals surface area contributed by atoms with Crippen LogP contribution in [0.15, 0.2) is 30.3 Å². The third kappa shape index (κ3) is 3.56. The van der Waals surface area contributed by atoms with E-state index in [-0.39, 0.29) is 5.91 Å². The first-order valence-electron chi connectivity index (χ1n) is 7.05. The molecule has 1 aliphatic heterocycles. The molecule has 0 aromatic heterocycles. The Bertz CT molecular complexity index is 448. The van der Waals surface area contributed by atoms with Gasteiger partial charge in [-0.1, -0.05) is 30.3 Å². The van der Waals surface area contributed by atoms with E-state index in [4.69, 9.17) is 5.84 Å². The summed E-state index contributed by atoms with van der Waals surface area (Å²) < 4.78 is 0. The molecule has 0 radical (unpaired) electrons. The molecule has 110 valence electrons. The van der Waals surface area contributed by atoms with Gasteiger partial charge in [-0.25, -0.2) is 5.84 Å².